The molecule has 0 unspecified atom stereocenters. The van der Waals surface area contributed by atoms with Crippen molar-refractivity contribution in [3.63, 3.8) is 0 Å². The van der Waals surface area contributed by atoms with Crippen molar-refractivity contribution in [1.82, 2.24) is 0 Å². The lowest BCUT2D eigenvalue weighted by Crippen LogP contribution is -1.43. The van der Waals surface area contributed by atoms with E-state index in [-0.39, 0.29) is 7.43 Å². The molecule has 0 aliphatic rings. The number of hydrogen-bond donors (Lipinski definition) is 0. The Balaban J connectivity index is -0.0000000575. The molecule has 0 N–H and O–H groups in total. The molecule has 0 aromatic rings. The van der Waals surface area contributed by atoms with Gasteiger partial charge in [-0.2, -0.15) is 11.8 Å². The zero-order chi connectivity index (χ0) is 6.28. The van der Waals surface area contributed by atoms with Crippen LogP contribution in [0.5, 0.6) is 0 Å². The average Bonchev–Trinajstić information content (AvgIpc) is 1.33. The Hall–Kier alpha value is 0.0900. The summed E-state index contributed by atoms with van der Waals surface area (Å²) in [6.45, 7) is 7.50. The number of rotatable bonds is 0. The third-order valence-corrected chi connectivity index (χ3v) is 0. The second-order valence-electron chi connectivity index (χ2n) is 1.62. The van der Waals surface area contributed by atoms with Crippen LogP contribution in [0.25, 0.3) is 0 Å². The molecule has 0 spiro atoms. The van der Waals surface area contributed by atoms with Crippen molar-refractivity contribution in [2.45, 2.75) is 21.3 Å². The van der Waals surface area contributed by atoms with Crippen LogP contribution in [0.1, 0.15) is 21.3 Å². The van der Waals surface area contributed by atoms with E-state index in [0.29, 0.717) is 0 Å². The molecule has 0 heterocycles. The molecule has 0 amide bonds. The Morgan fingerprint density at radius 2 is 1.25 bits per heavy atom. The van der Waals surface area contributed by atoms with Gasteiger partial charge in [-0.25, -0.2) is 0 Å². The van der Waals surface area contributed by atoms with E-state index in [2.05, 4.69) is 6.58 Å². The van der Waals surface area contributed by atoms with Gasteiger partial charge in [0, 0.05) is 0 Å². The maximum Gasteiger partial charge on any atom is -0.0187 e. The van der Waals surface area contributed by atoms with Crippen LogP contribution < -0.4 is 0 Å². The maximum atomic E-state index is 3.56. The summed E-state index contributed by atoms with van der Waals surface area (Å²) in [7, 11) is 0. The molecule has 0 aliphatic heterocycles. The topological polar surface area (TPSA) is 0 Å². The van der Waals surface area contributed by atoms with Gasteiger partial charge < -0.3 is 0 Å². The van der Waals surface area contributed by atoms with E-state index in [4.69, 9.17) is 0 Å². The standard InChI is InChI=1S/C4H8.C2H6S.CH4/c1-4(2)3;1-3-2;/h1H2,2-3H3;1-2H3;1H4. The molecule has 0 atom stereocenters. The fourth-order valence-corrected chi connectivity index (χ4v) is 0. The van der Waals surface area contributed by atoms with Crippen LogP contribution in [0.4, 0.5) is 0 Å². The Labute approximate surface area is 58.4 Å². The van der Waals surface area contributed by atoms with Gasteiger partial charge in [0.2, 0.25) is 0 Å². The first kappa shape index (κ1) is 15.7. The van der Waals surface area contributed by atoms with E-state index < -0.39 is 0 Å². The van der Waals surface area contributed by atoms with Crippen LogP contribution in [0.3, 0.4) is 0 Å². The summed E-state index contributed by atoms with van der Waals surface area (Å²) in [6, 6.07) is 0. The summed E-state index contributed by atoms with van der Waals surface area (Å²) in [5, 5.41) is 0. The third-order valence-electron chi connectivity index (χ3n) is 0. The Kier molecular flexibility index (Phi) is 30.8. The zero-order valence-electron chi connectivity index (χ0n) is 5.62. The lowest BCUT2D eigenvalue weighted by molar-refractivity contribution is 1.42. The van der Waals surface area contributed by atoms with Crippen LogP contribution in [-0.2, 0) is 0 Å². The largest absolute Gasteiger partial charge is 0.169 e. The van der Waals surface area contributed by atoms with Gasteiger partial charge in [-0.3, -0.25) is 0 Å². The summed E-state index contributed by atoms with van der Waals surface area (Å²) >= 11 is 1.75. The van der Waals surface area contributed by atoms with E-state index >= 15 is 0 Å². The van der Waals surface area contributed by atoms with Crippen LogP contribution in [0.15, 0.2) is 12.2 Å². The highest BCUT2D eigenvalue weighted by Gasteiger charge is 1.51. The maximum absolute atomic E-state index is 3.56. The van der Waals surface area contributed by atoms with Crippen LogP contribution in [0.2, 0.25) is 0 Å². The van der Waals surface area contributed by atoms with Gasteiger partial charge in [-0.05, 0) is 26.4 Å². The van der Waals surface area contributed by atoms with Gasteiger partial charge in [-0.15, -0.1) is 6.58 Å². The van der Waals surface area contributed by atoms with E-state index in [1.54, 1.807) is 11.8 Å². The first-order chi connectivity index (χ1) is 3.15. The minimum absolute atomic E-state index is 0. The summed E-state index contributed by atoms with van der Waals surface area (Å²) < 4.78 is 0. The molecule has 0 bridgehead atoms. The second kappa shape index (κ2) is 15.7. The molecule has 0 radical (unpaired) electrons. The first-order valence-electron chi connectivity index (χ1n) is 2.17. The lowest BCUT2D eigenvalue weighted by Gasteiger charge is -1.65. The van der Waals surface area contributed by atoms with E-state index in [1.165, 1.54) is 5.57 Å². The minimum atomic E-state index is 0. The molecular formula is C7H18S. The van der Waals surface area contributed by atoms with E-state index in [9.17, 15) is 0 Å². The molecule has 0 aromatic carbocycles. The smallest absolute Gasteiger partial charge is 0.0187 e. The van der Waals surface area contributed by atoms with Crippen molar-refractivity contribution < 1.29 is 0 Å². The minimum Gasteiger partial charge on any atom is -0.169 e. The molecule has 1 heteroatoms. The van der Waals surface area contributed by atoms with Crippen molar-refractivity contribution in [1.29, 1.82) is 0 Å². The van der Waals surface area contributed by atoms with E-state index in [0.717, 1.165) is 0 Å². The summed E-state index contributed by atoms with van der Waals surface area (Å²) in [5.41, 5.74) is 1.17. The van der Waals surface area contributed by atoms with Gasteiger partial charge in [0.25, 0.3) is 0 Å². The van der Waals surface area contributed by atoms with Crippen molar-refractivity contribution in [2.75, 3.05) is 12.5 Å². The van der Waals surface area contributed by atoms with Gasteiger partial charge in [0.15, 0.2) is 0 Å². The van der Waals surface area contributed by atoms with Crippen LogP contribution >= 0.6 is 11.8 Å². The number of allylic oxidation sites excluding steroid dienone is 1. The summed E-state index contributed by atoms with van der Waals surface area (Å²) in [4.78, 5) is 0. The van der Waals surface area contributed by atoms with Crippen molar-refractivity contribution in [3.8, 4) is 0 Å². The molecule has 0 saturated heterocycles. The Morgan fingerprint density at radius 3 is 1.25 bits per heavy atom. The van der Waals surface area contributed by atoms with Crippen molar-refractivity contribution >= 4 is 11.8 Å². The Morgan fingerprint density at radius 1 is 1.25 bits per heavy atom. The average molecular weight is 134 g/mol. The van der Waals surface area contributed by atoms with Gasteiger partial charge in [-0.1, -0.05) is 13.0 Å². The summed E-state index contributed by atoms with van der Waals surface area (Å²) in [5.74, 6) is 0. The van der Waals surface area contributed by atoms with E-state index in [1.807, 2.05) is 26.4 Å². The fraction of sp³-hybridized carbons (Fsp3) is 0.714. The lowest BCUT2D eigenvalue weighted by atomic mass is 10.4. The number of hydrogen-bond acceptors (Lipinski definition) is 1. The highest BCUT2D eigenvalue weighted by molar-refractivity contribution is 7.97. The van der Waals surface area contributed by atoms with Crippen LogP contribution in [-0.4, -0.2) is 12.5 Å². The van der Waals surface area contributed by atoms with Gasteiger partial charge >= 0.3 is 0 Å². The third kappa shape index (κ3) is 19500. The SMILES string of the molecule is C.C=C(C)C.CSC. The number of thioether (sulfide) groups is 1. The molecule has 0 nitrogen and oxygen atoms in total. The normalized spacial score (nSPS) is 5.50. The molecule has 0 fully saturated rings. The summed E-state index contributed by atoms with van der Waals surface area (Å²) in [6.07, 6.45) is 4.08. The molecule has 0 saturated carbocycles. The van der Waals surface area contributed by atoms with Gasteiger partial charge in [0.1, 0.15) is 0 Å². The zero-order valence-corrected chi connectivity index (χ0v) is 6.43. The second-order valence-corrected chi connectivity index (χ2v) is 2.43. The quantitative estimate of drug-likeness (QED) is 0.458. The van der Waals surface area contributed by atoms with Crippen LogP contribution in [0, 0.1) is 0 Å². The highest BCUT2D eigenvalue weighted by atomic mass is 32.2. The van der Waals surface area contributed by atoms with Crippen molar-refractivity contribution in [2.24, 2.45) is 0 Å². The predicted octanol–water partition coefficient (Wildman–Crippen LogP) is 3.20. The molecular weight excluding hydrogens is 116 g/mol. The monoisotopic (exact) mass is 134 g/mol. The van der Waals surface area contributed by atoms with Gasteiger partial charge in [0.05, 0.1) is 0 Å². The Bertz CT molecular complexity index is 35.7. The predicted molar refractivity (Wildman–Crippen MR) is 46.7 cm³/mol. The fourth-order valence-electron chi connectivity index (χ4n) is 0. The molecule has 0 aliphatic carbocycles. The first-order valence-corrected chi connectivity index (χ1v) is 3.80. The van der Waals surface area contributed by atoms with Crippen molar-refractivity contribution in [3.05, 3.63) is 12.2 Å². The molecule has 0 rings (SSSR count). The molecule has 52 valence electrons. The molecule has 0 aromatic heterocycles. The highest BCUT2D eigenvalue weighted by Crippen LogP contribution is 1.73. The molecule has 8 heavy (non-hydrogen) atoms.